The van der Waals surface area contributed by atoms with E-state index in [4.69, 9.17) is 4.42 Å². The van der Waals surface area contributed by atoms with Gasteiger partial charge in [0.2, 0.25) is 11.8 Å². The standard InChI is InChI=1S/C27H26FN3O4/c28-18-12-20(22-15-31(27(34)21(22)13-18)23-4-5-25(32)29-26(23)33)16-6-9-30(10-7-16)14-17-2-1-3-24-19(17)8-11-35-24/h1-3,8,11-13,16,23H,4-7,9-10,14-15H2,(H,29,32,33). The molecule has 0 aliphatic carbocycles. The van der Waals surface area contributed by atoms with Crippen LogP contribution in [0.15, 0.2) is 47.1 Å². The van der Waals surface area contributed by atoms with Crippen molar-refractivity contribution in [1.29, 1.82) is 0 Å². The van der Waals surface area contributed by atoms with Gasteiger partial charge in [-0.3, -0.25) is 24.6 Å². The van der Waals surface area contributed by atoms with Crippen LogP contribution in [-0.4, -0.2) is 46.7 Å². The molecule has 3 aromatic rings. The van der Waals surface area contributed by atoms with Gasteiger partial charge in [0, 0.05) is 30.5 Å². The van der Waals surface area contributed by atoms with Crippen LogP contribution in [0.2, 0.25) is 0 Å². The van der Waals surface area contributed by atoms with Crippen molar-refractivity contribution in [3.05, 3.63) is 70.7 Å². The highest BCUT2D eigenvalue weighted by atomic mass is 19.1. The van der Waals surface area contributed by atoms with Gasteiger partial charge in [0.15, 0.2) is 0 Å². The Hall–Kier alpha value is -3.52. The molecule has 3 amide bonds. The molecule has 0 bridgehead atoms. The minimum atomic E-state index is -0.698. The third kappa shape index (κ3) is 3.91. The maximum Gasteiger partial charge on any atom is 0.255 e. The number of nitrogens with zero attached hydrogens (tertiary/aromatic N) is 2. The highest BCUT2D eigenvalue weighted by Gasteiger charge is 2.41. The van der Waals surface area contributed by atoms with Crippen LogP contribution in [0.3, 0.4) is 0 Å². The molecule has 0 radical (unpaired) electrons. The first-order valence-corrected chi connectivity index (χ1v) is 12.1. The number of hydrogen-bond donors (Lipinski definition) is 1. The third-order valence-corrected chi connectivity index (χ3v) is 7.66. The Labute approximate surface area is 201 Å². The van der Waals surface area contributed by atoms with Crippen molar-refractivity contribution in [3.63, 3.8) is 0 Å². The average molecular weight is 476 g/mol. The molecule has 180 valence electrons. The molecule has 0 spiro atoms. The Kier molecular flexibility index (Phi) is 5.40. The van der Waals surface area contributed by atoms with Gasteiger partial charge in [0.05, 0.1) is 6.26 Å². The minimum Gasteiger partial charge on any atom is -0.464 e. The van der Waals surface area contributed by atoms with E-state index in [1.54, 1.807) is 12.3 Å². The van der Waals surface area contributed by atoms with E-state index in [0.29, 0.717) is 12.0 Å². The summed E-state index contributed by atoms with van der Waals surface area (Å²) < 4.78 is 20.1. The molecule has 2 saturated heterocycles. The molecule has 2 fully saturated rings. The Morgan fingerprint density at radius 3 is 2.69 bits per heavy atom. The van der Waals surface area contributed by atoms with Gasteiger partial charge in [-0.15, -0.1) is 0 Å². The second kappa shape index (κ2) is 8.61. The number of piperidine rings is 2. The van der Waals surface area contributed by atoms with Crippen LogP contribution >= 0.6 is 0 Å². The number of carbonyl (C=O) groups excluding carboxylic acids is 3. The van der Waals surface area contributed by atoms with Gasteiger partial charge in [0.1, 0.15) is 17.4 Å². The summed E-state index contributed by atoms with van der Waals surface area (Å²) in [5.74, 6) is -1.38. The van der Waals surface area contributed by atoms with Gasteiger partial charge < -0.3 is 9.32 Å². The van der Waals surface area contributed by atoms with Gasteiger partial charge in [-0.25, -0.2) is 4.39 Å². The highest BCUT2D eigenvalue weighted by Crippen LogP contribution is 2.38. The number of fused-ring (bicyclic) bond motifs is 2. The molecule has 3 aliphatic heterocycles. The minimum absolute atomic E-state index is 0.148. The zero-order chi connectivity index (χ0) is 24.1. The first-order valence-electron chi connectivity index (χ1n) is 12.1. The van der Waals surface area contributed by atoms with Crippen LogP contribution in [0.1, 0.15) is 58.6 Å². The fourth-order valence-electron chi connectivity index (χ4n) is 5.86. The van der Waals surface area contributed by atoms with E-state index in [9.17, 15) is 18.8 Å². The van der Waals surface area contributed by atoms with Crippen molar-refractivity contribution < 1.29 is 23.2 Å². The number of amides is 3. The molecule has 8 heteroatoms. The van der Waals surface area contributed by atoms with Crippen LogP contribution < -0.4 is 5.32 Å². The molecule has 35 heavy (non-hydrogen) atoms. The number of nitrogens with one attached hydrogen (secondary N) is 1. The summed E-state index contributed by atoms with van der Waals surface area (Å²) in [6.45, 7) is 2.84. The average Bonchev–Trinajstić information content (AvgIpc) is 3.45. The SMILES string of the molecule is O=C1CCC(N2Cc3c(cc(F)cc3C3CCN(Cc4cccc5occc45)CC3)C2=O)C(=O)N1. The highest BCUT2D eigenvalue weighted by molar-refractivity contribution is 6.05. The molecule has 4 heterocycles. The molecule has 1 atom stereocenters. The molecule has 1 unspecified atom stereocenters. The predicted octanol–water partition coefficient (Wildman–Crippen LogP) is 3.71. The van der Waals surface area contributed by atoms with Crippen LogP contribution in [0.4, 0.5) is 4.39 Å². The molecular weight excluding hydrogens is 449 g/mol. The number of rotatable bonds is 4. The van der Waals surface area contributed by atoms with E-state index in [-0.39, 0.29) is 30.7 Å². The summed E-state index contributed by atoms with van der Waals surface area (Å²) in [5, 5.41) is 3.45. The summed E-state index contributed by atoms with van der Waals surface area (Å²) >= 11 is 0. The second-order valence-electron chi connectivity index (χ2n) is 9.72. The Morgan fingerprint density at radius 1 is 1.06 bits per heavy atom. The second-order valence-corrected chi connectivity index (χ2v) is 9.72. The topological polar surface area (TPSA) is 82.9 Å². The zero-order valence-electron chi connectivity index (χ0n) is 19.3. The van der Waals surface area contributed by atoms with Crippen molar-refractivity contribution in [3.8, 4) is 0 Å². The number of imide groups is 1. The van der Waals surface area contributed by atoms with Gasteiger partial charge in [0.25, 0.3) is 5.91 Å². The van der Waals surface area contributed by atoms with Crippen molar-refractivity contribution in [2.45, 2.75) is 50.7 Å². The molecular formula is C27H26FN3O4. The third-order valence-electron chi connectivity index (χ3n) is 7.66. The maximum atomic E-state index is 14.6. The van der Waals surface area contributed by atoms with Crippen molar-refractivity contribution in [2.75, 3.05) is 13.1 Å². The fraction of sp³-hybridized carbons (Fsp3) is 0.370. The van der Waals surface area contributed by atoms with Crippen molar-refractivity contribution in [1.82, 2.24) is 15.1 Å². The molecule has 3 aliphatic rings. The van der Waals surface area contributed by atoms with Crippen LogP contribution in [0, 0.1) is 5.82 Å². The number of carbonyl (C=O) groups is 3. The first-order chi connectivity index (χ1) is 17.0. The molecule has 2 aromatic carbocycles. The summed E-state index contributed by atoms with van der Waals surface area (Å²) in [5.41, 5.74) is 4.16. The van der Waals surface area contributed by atoms with E-state index in [1.165, 1.54) is 16.5 Å². The lowest BCUT2D eigenvalue weighted by Crippen LogP contribution is -2.52. The molecule has 0 saturated carbocycles. The van der Waals surface area contributed by atoms with Gasteiger partial charge in [-0.1, -0.05) is 12.1 Å². The number of likely N-dealkylation sites (tertiary alicyclic amines) is 1. The molecule has 1 N–H and O–H groups in total. The van der Waals surface area contributed by atoms with Crippen LogP contribution in [0.5, 0.6) is 0 Å². The summed E-state index contributed by atoms with van der Waals surface area (Å²) in [7, 11) is 0. The largest absolute Gasteiger partial charge is 0.464 e. The number of hydrogen-bond acceptors (Lipinski definition) is 5. The van der Waals surface area contributed by atoms with E-state index < -0.39 is 17.8 Å². The van der Waals surface area contributed by atoms with E-state index in [0.717, 1.165) is 54.6 Å². The van der Waals surface area contributed by atoms with E-state index in [2.05, 4.69) is 16.3 Å². The zero-order valence-corrected chi connectivity index (χ0v) is 19.3. The lowest BCUT2D eigenvalue weighted by Gasteiger charge is -2.33. The van der Waals surface area contributed by atoms with Crippen LogP contribution in [0.25, 0.3) is 11.0 Å². The van der Waals surface area contributed by atoms with Crippen molar-refractivity contribution >= 4 is 28.7 Å². The molecule has 7 nitrogen and oxygen atoms in total. The van der Waals surface area contributed by atoms with Gasteiger partial charge >= 0.3 is 0 Å². The van der Waals surface area contributed by atoms with E-state index >= 15 is 0 Å². The maximum absolute atomic E-state index is 14.6. The quantitative estimate of drug-likeness (QED) is 0.582. The van der Waals surface area contributed by atoms with Crippen LogP contribution in [-0.2, 0) is 22.7 Å². The Balaban J connectivity index is 1.19. The lowest BCUT2D eigenvalue weighted by molar-refractivity contribution is -0.136. The monoisotopic (exact) mass is 475 g/mol. The number of furan rings is 1. The summed E-state index contributed by atoms with van der Waals surface area (Å²) in [6.07, 6.45) is 3.94. The molecule has 1 aromatic heterocycles. The lowest BCUT2D eigenvalue weighted by atomic mass is 9.85. The Bertz CT molecular complexity index is 1340. The summed E-state index contributed by atoms with van der Waals surface area (Å²) in [4.78, 5) is 40.9. The van der Waals surface area contributed by atoms with E-state index in [1.807, 2.05) is 18.2 Å². The van der Waals surface area contributed by atoms with Crippen molar-refractivity contribution in [2.24, 2.45) is 0 Å². The smallest absolute Gasteiger partial charge is 0.255 e. The fourth-order valence-corrected chi connectivity index (χ4v) is 5.86. The number of halogens is 1. The predicted molar refractivity (Wildman–Crippen MR) is 126 cm³/mol. The Morgan fingerprint density at radius 2 is 1.89 bits per heavy atom. The first kappa shape index (κ1) is 22.0. The normalized spacial score (nSPS) is 21.6. The molecule has 6 rings (SSSR count). The number of benzene rings is 2. The summed E-state index contributed by atoms with van der Waals surface area (Å²) in [6, 6.07) is 10.2. The van der Waals surface area contributed by atoms with Gasteiger partial charge in [-0.05, 0) is 79.2 Å². The van der Waals surface area contributed by atoms with Gasteiger partial charge in [-0.2, -0.15) is 0 Å².